The Morgan fingerprint density at radius 3 is 2.45 bits per heavy atom. The summed E-state index contributed by atoms with van der Waals surface area (Å²) in [5, 5.41) is 12.3. The van der Waals surface area contributed by atoms with Gasteiger partial charge in [0.1, 0.15) is 4.90 Å². The van der Waals surface area contributed by atoms with Crippen molar-refractivity contribution in [2.24, 2.45) is 33.1 Å². The molecule has 0 saturated heterocycles. The molecule has 12 nitrogen and oxygen atoms in total. The lowest BCUT2D eigenvalue weighted by Crippen LogP contribution is -2.29. The number of rotatable bonds is 6. The number of amidine groups is 1. The van der Waals surface area contributed by atoms with Crippen molar-refractivity contribution in [3.63, 3.8) is 0 Å². The topological polar surface area (TPSA) is 201 Å². The van der Waals surface area contributed by atoms with Crippen LogP contribution in [0.25, 0.3) is 22.2 Å². The Kier molecular flexibility index (Phi) is 5.56. The molecule has 14 heteroatoms. The third-order valence-corrected chi connectivity index (χ3v) is 8.81. The van der Waals surface area contributed by atoms with E-state index < -0.39 is 34.9 Å². The Bertz CT molecular complexity index is 1560. The normalized spacial score (nSPS) is 15.2. The molecule has 4 rings (SSSR count). The lowest BCUT2D eigenvalue weighted by atomic mass is 9.97. The highest BCUT2D eigenvalue weighted by Crippen LogP contribution is 2.38. The number of fused-ring (bicyclic) bond motifs is 1. The molecule has 1 aromatic heterocycles. The highest BCUT2D eigenvalue weighted by atomic mass is 32.2. The number of hydrogen-bond acceptors (Lipinski definition) is 10. The number of aryl methyl sites for hydroxylation is 1. The highest BCUT2D eigenvalue weighted by molar-refractivity contribution is 7.94. The molecular formula is C19H22N8O4S2. The first kappa shape index (κ1) is 23.0. The molecule has 1 atom stereocenters. The molecule has 0 spiro atoms. The van der Waals surface area contributed by atoms with Crippen molar-refractivity contribution >= 4 is 42.7 Å². The Morgan fingerprint density at radius 1 is 1.12 bits per heavy atom. The molecule has 0 saturated carbocycles. The van der Waals surface area contributed by atoms with Gasteiger partial charge in [-0.05, 0) is 24.6 Å². The third-order valence-electron chi connectivity index (χ3n) is 5.48. The van der Waals surface area contributed by atoms with Crippen LogP contribution in [-0.2, 0) is 26.9 Å². The lowest BCUT2D eigenvalue weighted by Gasteiger charge is -2.19. The zero-order chi connectivity index (χ0) is 24.1. The second-order valence-electron chi connectivity index (χ2n) is 7.52. The van der Waals surface area contributed by atoms with E-state index in [2.05, 4.69) is 20.2 Å². The molecule has 3 aromatic rings. The number of benzene rings is 2. The maximum Gasteiger partial charge on any atom is 0.240 e. The Balaban J connectivity index is 2.18. The van der Waals surface area contributed by atoms with Crippen molar-refractivity contribution in [2.45, 2.75) is 22.0 Å². The largest absolute Gasteiger partial charge is 0.369 e. The molecule has 0 fully saturated rings. The Labute approximate surface area is 190 Å². The molecule has 2 heterocycles. The van der Waals surface area contributed by atoms with E-state index in [0.717, 1.165) is 0 Å². The van der Waals surface area contributed by atoms with Crippen LogP contribution in [0.3, 0.4) is 0 Å². The molecule has 6 N–H and O–H groups in total. The fraction of sp³-hybridized carbons (Fsp3) is 0.263. The minimum atomic E-state index is -4.57. The number of hydrogen-bond donors (Lipinski definition) is 3. The van der Waals surface area contributed by atoms with Gasteiger partial charge in [-0.1, -0.05) is 18.2 Å². The van der Waals surface area contributed by atoms with Gasteiger partial charge >= 0.3 is 0 Å². The minimum Gasteiger partial charge on any atom is -0.369 e. The molecule has 0 aliphatic carbocycles. The summed E-state index contributed by atoms with van der Waals surface area (Å²) in [5.74, 6) is 0.201. The average molecular weight is 491 g/mol. The van der Waals surface area contributed by atoms with Gasteiger partial charge in [0.05, 0.1) is 26.7 Å². The van der Waals surface area contributed by atoms with Crippen molar-refractivity contribution < 1.29 is 16.8 Å². The third kappa shape index (κ3) is 3.70. The van der Waals surface area contributed by atoms with Crippen molar-refractivity contribution in [3.8, 4) is 11.1 Å². The molecule has 0 bridgehead atoms. The van der Waals surface area contributed by atoms with Crippen molar-refractivity contribution in [1.82, 2.24) is 9.55 Å². The van der Waals surface area contributed by atoms with Gasteiger partial charge in [-0.15, -0.1) is 5.11 Å². The fourth-order valence-corrected chi connectivity index (χ4v) is 6.50. The first-order chi connectivity index (χ1) is 15.5. The number of para-hydroxylation sites is 1. The smallest absolute Gasteiger partial charge is 0.240 e. The number of anilines is 1. The summed E-state index contributed by atoms with van der Waals surface area (Å²) in [6.07, 6.45) is 0. The summed E-state index contributed by atoms with van der Waals surface area (Å²) in [4.78, 5) is 7.46. The maximum atomic E-state index is 13.2. The van der Waals surface area contributed by atoms with E-state index in [1.807, 2.05) is 0 Å². The van der Waals surface area contributed by atoms with Gasteiger partial charge in [-0.25, -0.2) is 32.0 Å². The van der Waals surface area contributed by atoms with E-state index in [4.69, 9.17) is 16.6 Å². The number of nitrogens with two attached hydrogens (primary N) is 3. The van der Waals surface area contributed by atoms with Crippen LogP contribution in [0.4, 0.5) is 5.95 Å². The number of aliphatic imine (C=N–C) groups is 1. The van der Waals surface area contributed by atoms with Crippen LogP contribution in [0, 0.1) is 0 Å². The maximum absolute atomic E-state index is 13.2. The monoisotopic (exact) mass is 490 g/mol. The van der Waals surface area contributed by atoms with E-state index in [-0.39, 0.29) is 30.6 Å². The SMILES string of the molecule is C[C@H](CN)S(=O)(=O)c1ccc(-c2cccc3c2nc(N)n3C)c(C2=NCN=N2)c1S(N)(=O)=O. The first-order valence-electron chi connectivity index (χ1n) is 9.75. The van der Waals surface area contributed by atoms with Crippen LogP contribution in [0.15, 0.2) is 55.3 Å². The number of imidazole rings is 1. The predicted octanol–water partition coefficient (Wildman–Crippen LogP) is 0.761. The van der Waals surface area contributed by atoms with Crippen LogP contribution in [-0.4, -0.2) is 50.7 Å². The number of nitrogen functional groups attached to an aromatic ring is 1. The molecule has 0 unspecified atom stereocenters. The second-order valence-corrected chi connectivity index (χ2v) is 11.4. The zero-order valence-corrected chi connectivity index (χ0v) is 19.4. The standard InChI is InChI=1S/C19H22N8O4S2/c1-10(8-20)32(28,29)14-7-6-11(12-4-3-5-13-16(12)25-19(21)27(13)2)15(17(14)33(22,30)31)18-23-9-24-26-18/h3-7,10H,8-9,20H2,1-2H3,(H2,21,25)(H2,22,30,31)/t10-/m1/s1. The first-order valence-corrected chi connectivity index (χ1v) is 12.8. The molecule has 2 aromatic carbocycles. The van der Waals surface area contributed by atoms with Crippen molar-refractivity contribution in [2.75, 3.05) is 18.9 Å². The van der Waals surface area contributed by atoms with Gasteiger partial charge in [0.2, 0.25) is 16.0 Å². The van der Waals surface area contributed by atoms with Gasteiger partial charge in [0.25, 0.3) is 0 Å². The van der Waals surface area contributed by atoms with Crippen LogP contribution >= 0.6 is 0 Å². The van der Waals surface area contributed by atoms with Crippen LogP contribution in [0.1, 0.15) is 12.5 Å². The van der Waals surface area contributed by atoms with Gasteiger partial charge in [0.15, 0.2) is 22.3 Å². The summed E-state index contributed by atoms with van der Waals surface area (Å²) < 4.78 is 53.7. The van der Waals surface area contributed by atoms with Crippen LogP contribution in [0.2, 0.25) is 0 Å². The molecule has 1 aliphatic heterocycles. The van der Waals surface area contributed by atoms with Crippen molar-refractivity contribution in [1.29, 1.82) is 0 Å². The van der Waals surface area contributed by atoms with E-state index in [0.29, 0.717) is 22.2 Å². The highest BCUT2D eigenvalue weighted by Gasteiger charge is 2.35. The average Bonchev–Trinajstić information content (AvgIpc) is 3.40. The molecule has 0 amide bonds. The number of sulfone groups is 1. The van der Waals surface area contributed by atoms with E-state index in [1.165, 1.54) is 19.1 Å². The van der Waals surface area contributed by atoms with Gasteiger partial charge in [-0.3, -0.25) is 0 Å². The molecular weight excluding hydrogens is 468 g/mol. The summed E-state index contributed by atoms with van der Waals surface area (Å²) in [5.41, 5.74) is 13.5. The van der Waals surface area contributed by atoms with E-state index in [9.17, 15) is 16.8 Å². The number of nitrogens with zero attached hydrogens (tertiary/aromatic N) is 5. The quantitative estimate of drug-likeness (QED) is 0.452. The molecule has 33 heavy (non-hydrogen) atoms. The Morgan fingerprint density at radius 2 is 1.85 bits per heavy atom. The second kappa shape index (κ2) is 7.98. The van der Waals surface area contributed by atoms with E-state index in [1.54, 1.807) is 29.8 Å². The Hall–Kier alpha value is -3.20. The summed E-state index contributed by atoms with van der Waals surface area (Å²) >= 11 is 0. The van der Waals surface area contributed by atoms with Gasteiger partial charge < -0.3 is 16.0 Å². The molecule has 174 valence electrons. The molecule has 1 aliphatic rings. The number of aromatic nitrogens is 2. The summed E-state index contributed by atoms with van der Waals surface area (Å²) in [6, 6.07) is 7.95. The van der Waals surface area contributed by atoms with Crippen LogP contribution < -0.4 is 16.6 Å². The minimum absolute atomic E-state index is 0.0320. The van der Waals surface area contributed by atoms with Crippen molar-refractivity contribution in [3.05, 3.63) is 35.9 Å². The van der Waals surface area contributed by atoms with Gasteiger partial charge in [0, 0.05) is 19.2 Å². The summed E-state index contributed by atoms with van der Waals surface area (Å²) in [6.45, 7) is 1.15. The van der Waals surface area contributed by atoms with E-state index >= 15 is 0 Å². The van der Waals surface area contributed by atoms with Crippen LogP contribution in [0.5, 0.6) is 0 Å². The zero-order valence-electron chi connectivity index (χ0n) is 17.8. The summed E-state index contributed by atoms with van der Waals surface area (Å²) in [7, 11) is -6.98. The van der Waals surface area contributed by atoms with Gasteiger partial charge in [-0.2, -0.15) is 5.11 Å². The number of primary sulfonamides is 1. The lowest BCUT2D eigenvalue weighted by molar-refractivity contribution is 0.575. The molecule has 0 radical (unpaired) electrons. The fourth-order valence-electron chi connectivity index (χ4n) is 3.67. The number of azo groups is 1. The number of sulfonamides is 1. The predicted molar refractivity (Wildman–Crippen MR) is 124 cm³/mol.